The number of hydrogen-bond donors (Lipinski definition) is 1. The number of fused-ring (bicyclic) bond motifs is 4. The largest absolute Gasteiger partial charge is 0.389 e. The molecule has 7 atom stereocenters. The maximum Gasteiger partial charge on any atom is 0.0758 e. The van der Waals surface area contributed by atoms with E-state index in [4.69, 9.17) is 0 Å². The normalized spacial score (nSPS) is 44.2. The van der Waals surface area contributed by atoms with Gasteiger partial charge in [-0.3, -0.25) is 0 Å². The summed E-state index contributed by atoms with van der Waals surface area (Å²) >= 11 is 0. The van der Waals surface area contributed by atoms with Crippen molar-refractivity contribution in [1.82, 2.24) is 0 Å². The number of rotatable bonds is 5. The second kappa shape index (κ2) is 7.75. The fraction of sp³-hybridized carbons (Fsp3) is 0.926. The molecular weight excluding hydrogens is 340 g/mol. The number of aliphatic hydroxyl groups is 1. The highest BCUT2D eigenvalue weighted by molar-refractivity contribution is 5.37. The van der Waals surface area contributed by atoms with Gasteiger partial charge in [0.1, 0.15) is 0 Å². The highest BCUT2D eigenvalue weighted by Gasteiger charge is 2.56. The molecule has 4 rings (SSSR count). The van der Waals surface area contributed by atoms with Crippen molar-refractivity contribution in [3.05, 3.63) is 11.1 Å². The summed E-state index contributed by atoms with van der Waals surface area (Å²) in [7, 11) is 0. The first-order chi connectivity index (χ1) is 13.3. The Kier molecular flexibility index (Phi) is 5.80. The van der Waals surface area contributed by atoms with E-state index in [1.807, 2.05) is 0 Å². The van der Waals surface area contributed by atoms with Crippen molar-refractivity contribution in [3.63, 3.8) is 0 Å². The molecule has 0 aromatic carbocycles. The quantitative estimate of drug-likeness (QED) is 0.484. The fourth-order valence-electron chi connectivity index (χ4n) is 8.50. The third-order valence-electron chi connectivity index (χ3n) is 10.1. The van der Waals surface area contributed by atoms with Crippen LogP contribution in [0.25, 0.3) is 0 Å². The van der Waals surface area contributed by atoms with Crippen molar-refractivity contribution in [2.45, 2.75) is 118 Å². The SMILES string of the molecule is CC(C)CCCC(C)C1CCC2=C3C(O)CC4CCCCC4(C)C3CCC21C. The Labute approximate surface area is 174 Å². The fourth-order valence-corrected chi connectivity index (χ4v) is 8.50. The van der Waals surface area contributed by atoms with Crippen LogP contribution in [0.15, 0.2) is 11.1 Å². The van der Waals surface area contributed by atoms with Crippen LogP contribution in [-0.2, 0) is 0 Å². The van der Waals surface area contributed by atoms with E-state index in [2.05, 4.69) is 34.6 Å². The van der Waals surface area contributed by atoms with E-state index >= 15 is 0 Å². The molecule has 4 aliphatic carbocycles. The zero-order valence-corrected chi connectivity index (χ0v) is 19.4. The summed E-state index contributed by atoms with van der Waals surface area (Å²) in [5.74, 6) is 3.95. The van der Waals surface area contributed by atoms with E-state index in [0.717, 1.165) is 30.1 Å². The molecule has 0 aliphatic heterocycles. The third kappa shape index (κ3) is 3.32. The molecular formula is C27H46O. The van der Waals surface area contributed by atoms with Crippen LogP contribution in [0.4, 0.5) is 0 Å². The molecule has 0 aromatic heterocycles. The second-order valence-electron chi connectivity index (χ2n) is 12.1. The van der Waals surface area contributed by atoms with Gasteiger partial charge in [0.15, 0.2) is 0 Å². The van der Waals surface area contributed by atoms with E-state index in [0.29, 0.717) is 16.7 Å². The average molecular weight is 387 g/mol. The minimum absolute atomic E-state index is 0.134. The topological polar surface area (TPSA) is 20.2 Å². The van der Waals surface area contributed by atoms with Gasteiger partial charge in [-0.05, 0) is 90.9 Å². The van der Waals surface area contributed by atoms with Crippen molar-refractivity contribution in [2.75, 3.05) is 0 Å². The van der Waals surface area contributed by atoms with E-state index < -0.39 is 0 Å². The van der Waals surface area contributed by atoms with Gasteiger partial charge in [-0.2, -0.15) is 0 Å². The lowest BCUT2D eigenvalue weighted by molar-refractivity contribution is -0.0333. The molecule has 160 valence electrons. The Morgan fingerprint density at radius 2 is 1.79 bits per heavy atom. The molecule has 0 bridgehead atoms. The maximum absolute atomic E-state index is 11.3. The summed E-state index contributed by atoms with van der Waals surface area (Å²) in [6.45, 7) is 12.4. The molecule has 1 nitrogen and oxygen atoms in total. The Morgan fingerprint density at radius 3 is 2.54 bits per heavy atom. The van der Waals surface area contributed by atoms with Crippen LogP contribution in [0.5, 0.6) is 0 Å². The highest BCUT2D eigenvalue weighted by atomic mass is 16.3. The summed E-state index contributed by atoms with van der Waals surface area (Å²) in [6, 6.07) is 0. The lowest BCUT2D eigenvalue weighted by Crippen LogP contribution is -2.50. The first-order valence-electron chi connectivity index (χ1n) is 12.7. The predicted octanol–water partition coefficient (Wildman–Crippen LogP) is 7.53. The Morgan fingerprint density at radius 1 is 1.00 bits per heavy atom. The van der Waals surface area contributed by atoms with Crippen LogP contribution in [0, 0.1) is 40.4 Å². The highest BCUT2D eigenvalue weighted by Crippen LogP contribution is 2.65. The molecule has 0 heterocycles. The molecule has 4 aliphatic rings. The monoisotopic (exact) mass is 386 g/mol. The molecule has 0 amide bonds. The molecule has 0 saturated heterocycles. The van der Waals surface area contributed by atoms with Crippen molar-refractivity contribution in [3.8, 4) is 0 Å². The average Bonchev–Trinajstić information content (AvgIpc) is 2.99. The molecule has 1 N–H and O–H groups in total. The minimum Gasteiger partial charge on any atom is -0.389 e. The van der Waals surface area contributed by atoms with Crippen LogP contribution in [-0.4, -0.2) is 11.2 Å². The zero-order valence-electron chi connectivity index (χ0n) is 19.4. The molecule has 0 radical (unpaired) electrons. The molecule has 3 fully saturated rings. The van der Waals surface area contributed by atoms with Gasteiger partial charge in [-0.1, -0.05) is 72.3 Å². The van der Waals surface area contributed by atoms with Gasteiger partial charge in [0.25, 0.3) is 0 Å². The van der Waals surface area contributed by atoms with Crippen molar-refractivity contribution in [1.29, 1.82) is 0 Å². The first kappa shape index (κ1) is 21.0. The Bertz CT molecular complexity index is 603. The van der Waals surface area contributed by atoms with Crippen LogP contribution in [0.2, 0.25) is 0 Å². The summed E-state index contributed by atoms with van der Waals surface area (Å²) in [6.07, 6.45) is 16.0. The lowest BCUT2D eigenvalue weighted by atomic mass is 9.48. The van der Waals surface area contributed by atoms with Crippen LogP contribution < -0.4 is 0 Å². The van der Waals surface area contributed by atoms with Gasteiger partial charge in [-0.15, -0.1) is 0 Å². The van der Waals surface area contributed by atoms with E-state index in [9.17, 15) is 5.11 Å². The van der Waals surface area contributed by atoms with E-state index in [-0.39, 0.29) is 6.10 Å². The summed E-state index contributed by atoms with van der Waals surface area (Å²) < 4.78 is 0. The van der Waals surface area contributed by atoms with Gasteiger partial charge in [0, 0.05) is 0 Å². The third-order valence-corrected chi connectivity index (χ3v) is 10.1. The van der Waals surface area contributed by atoms with Crippen LogP contribution in [0.1, 0.15) is 112 Å². The van der Waals surface area contributed by atoms with Gasteiger partial charge in [0.05, 0.1) is 6.10 Å². The standard InChI is InChI=1S/C27H46O/c1-18(2)9-8-10-19(3)21-12-13-22-25-23(14-16-27(21,22)5)26(4)15-7-6-11-20(26)17-24(25)28/h18-21,23-24,28H,6-17H2,1-5H3. The van der Waals surface area contributed by atoms with Gasteiger partial charge in [0.2, 0.25) is 0 Å². The zero-order chi connectivity index (χ0) is 20.1. The summed E-state index contributed by atoms with van der Waals surface area (Å²) in [5, 5.41) is 11.3. The van der Waals surface area contributed by atoms with Crippen LogP contribution >= 0.6 is 0 Å². The van der Waals surface area contributed by atoms with E-state index in [1.54, 1.807) is 11.1 Å². The molecule has 7 unspecified atom stereocenters. The lowest BCUT2D eigenvalue weighted by Gasteiger charge is -2.57. The number of hydrogen-bond acceptors (Lipinski definition) is 1. The molecule has 28 heavy (non-hydrogen) atoms. The van der Waals surface area contributed by atoms with Crippen molar-refractivity contribution < 1.29 is 5.11 Å². The van der Waals surface area contributed by atoms with Gasteiger partial charge in [-0.25, -0.2) is 0 Å². The molecule has 3 saturated carbocycles. The number of allylic oxidation sites excluding steroid dienone is 1. The Balaban J connectivity index is 1.58. The molecule has 1 heteroatoms. The first-order valence-corrected chi connectivity index (χ1v) is 12.7. The van der Waals surface area contributed by atoms with Gasteiger partial charge >= 0.3 is 0 Å². The van der Waals surface area contributed by atoms with Crippen molar-refractivity contribution >= 4 is 0 Å². The van der Waals surface area contributed by atoms with Crippen molar-refractivity contribution in [2.24, 2.45) is 40.4 Å². The molecule has 0 aromatic rings. The summed E-state index contributed by atoms with van der Waals surface area (Å²) in [4.78, 5) is 0. The molecule has 0 spiro atoms. The Hall–Kier alpha value is -0.300. The number of aliphatic hydroxyl groups excluding tert-OH is 1. The van der Waals surface area contributed by atoms with Gasteiger partial charge < -0.3 is 5.11 Å². The maximum atomic E-state index is 11.3. The van der Waals surface area contributed by atoms with E-state index in [1.165, 1.54) is 70.6 Å². The summed E-state index contributed by atoms with van der Waals surface area (Å²) in [5.41, 5.74) is 4.15. The second-order valence-corrected chi connectivity index (χ2v) is 12.1. The predicted molar refractivity (Wildman–Crippen MR) is 119 cm³/mol. The van der Waals surface area contributed by atoms with Crippen LogP contribution in [0.3, 0.4) is 0 Å². The smallest absolute Gasteiger partial charge is 0.0758 e. The minimum atomic E-state index is -0.134.